The van der Waals surface area contributed by atoms with Gasteiger partial charge in [-0.1, -0.05) is 12.1 Å². The number of Topliss-reactive ketones (excluding diaryl/α,β-unsaturated/α-hetero) is 1. The van der Waals surface area contributed by atoms with Gasteiger partial charge in [0.25, 0.3) is 10.8 Å². The van der Waals surface area contributed by atoms with Gasteiger partial charge in [-0.15, -0.1) is 0 Å². The zero-order valence-electron chi connectivity index (χ0n) is 12.0. The van der Waals surface area contributed by atoms with Crippen LogP contribution in [0.25, 0.3) is 0 Å². The fraction of sp³-hybridized carbons (Fsp3) is 0.214. The number of aliphatic carboxylic acids is 1. The summed E-state index contributed by atoms with van der Waals surface area (Å²) < 4.78 is 0. The van der Waals surface area contributed by atoms with Crippen LogP contribution in [0.15, 0.2) is 35.6 Å². The molecule has 1 aromatic carbocycles. The summed E-state index contributed by atoms with van der Waals surface area (Å²) >= 11 is 0. The Morgan fingerprint density at radius 2 is 2.00 bits per heavy atom. The predicted molar refractivity (Wildman–Crippen MR) is 73.9 cm³/mol. The summed E-state index contributed by atoms with van der Waals surface area (Å²) in [5.41, 5.74) is -0.218. The Hall–Kier alpha value is -3.23. The summed E-state index contributed by atoms with van der Waals surface area (Å²) in [5.74, 6) is -3.75. The average Bonchev–Trinajstić information content (AvgIpc) is 2.71. The third kappa shape index (κ3) is 2.89. The minimum atomic E-state index is -1.33. The van der Waals surface area contributed by atoms with Crippen molar-refractivity contribution in [2.24, 2.45) is 0 Å². The molecule has 3 N–H and O–H groups in total. The molecule has 1 aliphatic heterocycles. The molecule has 120 valence electrons. The molecular formula is C14H13N2O7+. The van der Waals surface area contributed by atoms with E-state index >= 15 is 0 Å². The zero-order valence-corrected chi connectivity index (χ0v) is 12.0. The van der Waals surface area contributed by atoms with Crippen LogP contribution >= 0.6 is 0 Å². The minimum Gasteiger partial charge on any atom is -0.503 e. The molecule has 0 saturated carbocycles. The van der Waals surface area contributed by atoms with Gasteiger partial charge in [-0.2, -0.15) is 0 Å². The van der Waals surface area contributed by atoms with Crippen LogP contribution in [-0.2, 0) is 14.4 Å². The maximum Gasteiger partial charge on any atom is 0.323 e. The molecule has 0 aliphatic carbocycles. The first-order valence-electron chi connectivity index (χ1n) is 6.47. The molecule has 1 atom stereocenters. The van der Waals surface area contributed by atoms with E-state index in [0.29, 0.717) is 0 Å². The number of rotatable bonds is 5. The van der Waals surface area contributed by atoms with Crippen molar-refractivity contribution in [3.8, 4) is 0 Å². The molecule has 1 heterocycles. The normalized spacial score (nSPS) is 17.5. The highest BCUT2D eigenvalue weighted by atomic mass is 16.6. The fourth-order valence-corrected chi connectivity index (χ4v) is 2.48. The molecule has 9 heteroatoms. The van der Waals surface area contributed by atoms with Crippen LogP contribution in [0, 0.1) is 4.91 Å². The Labute approximate surface area is 129 Å². The van der Waals surface area contributed by atoms with Crippen molar-refractivity contribution in [2.45, 2.75) is 13.0 Å². The van der Waals surface area contributed by atoms with Crippen molar-refractivity contribution >= 4 is 23.3 Å². The van der Waals surface area contributed by atoms with E-state index in [1.165, 1.54) is 24.3 Å². The highest BCUT2D eigenvalue weighted by Gasteiger charge is 2.43. The van der Waals surface area contributed by atoms with Crippen LogP contribution in [0.4, 0.5) is 5.69 Å². The SMILES string of the molecule is CC(=O)C1=C(O)C(=O)N(CC(=O)O)C1c1cccc([N+](=O)O)c1. The molecule has 1 aliphatic rings. The number of carbonyl (C=O) groups is 3. The van der Waals surface area contributed by atoms with Crippen LogP contribution in [0.1, 0.15) is 18.5 Å². The number of hydrogen-bond acceptors (Lipinski definition) is 5. The number of carboxylic acids is 1. The number of benzene rings is 1. The zero-order chi connectivity index (χ0) is 17.3. The molecule has 0 spiro atoms. The van der Waals surface area contributed by atoms with E-state index in [1.54, 1.807) is 0 Å². The van der Waals surface area contributed by atoms with E-state index in [0.717, 1.165) is 11.8 Å². The van der Waals surface area contributed by atoms with E-state index in [2.05, 4.69) is 0 Å². The van der Waals surface area contributed by atoms with E-state index in [-0.39, 0.29) is 16.8 Å². The summed E-state index contributed by atoms with van der Waals surface area (Å²) in [6, 6.07) is 4.16. The first-order chi connectivity index (χ1) is 10.7. The first kappa shape index (κ1) is 16.1. The summed E-state index contributed by atoms with van der Waals surface area (Å²) in [7, 11) is 0. The Balaban J connectivity index is 2.59. The van der Waals surface area contributed by atoms with E-state index in [9.17, 15) is 24.4 Å². The van der Waals surface area contributed by atoms with Crippen LogP contribution in [0.2, 0.25) is 0 Å². The fourth-order valence-electron chi connectivity index (χ4n) is 2.48. The second kappa shape index (κ2) is 5.87. The monoisotopic (exact) mass is 321 g/mol. The summed E-state index contributed by atoms with van der Waals surface area (Å²) in [6.07, 6.45) is 0. The number of aliphatic hydroxyl groups excluding tert-OH is 1. The van der Waals surface area contributed by atoms with Gasteiger partial charge in [-0.3, -0.25) is 14.4 Å². The van der Waals surface area contributed by atoms with Gasteiger partial charge >= 0.3 is 11.7 Å². The third-order valence-electron chi connectivity index (χ3n) is 3.40. The lowest BCUT2D eigenvalue weighted by Crippen LogP contribution is -2.35. The number of amides is 1. The Kier molecular flexibility index (Phi) is 4.12. The maximum atomic E-state index is 12.0. The number of aliphatic hydroxyl groups is 1. The molecule has 23 heavy (non-hydrogen) atoms. The third-order valence-corrected chi connectivity index (χ3v) is 3.40. The molecule has 1 amide bonds. The average molecular weight is 321 g/mol. The molecule has 1 aromatic rings. The van der Waals surface area contributed by atoms with Crippen LogP contribution in [0.3, 0.4) is 0 Å². The first-order valence-corrected chi connectivity index (χ1v) is 6.47. The molecule has 1 unspecified atom stereocenters. The van der Waals surface area contributed by atoms with Crippen molar-refractivity contribution in [3.63, 3.8) is 0 Å². The van der Waals surface area contributed by atoms with Crippen molar-refractivity contribution in [3.05, 3.63) is 46.1 Å². The van der Waals surface area contributed by atoms with E-state index in [4.69, 9.17) is 10.3 Å². The van der Waals surface area contributed by atoms with Gasteiger partial charge in [0.2, 0.25) is 0 Å². The van der Waals surface area contributed by atoms with Crippen LogP contribution in [0.5, 0.6) is 0 Å². The lowest BCUT2D eigenvalue weighted by Gasteiger charge is -2.24. The van der Waals surface area contributed by atoms with Crippen molar-refractivity contribution in [2.75, 3.05) is 6.54 Å². The highest BCUT2D eigenvalue weighted by molar-refractivity contribution is 6.08. The van der Waals surface area contributed by atoms with Crippen molar-refractivity contribution in [1.82, 2.24) is 4.90 Å². The lowest BCUT2D eigenvalue weighted by molar-refractivity contribution is -0.729. The van der Waals surface area contributed by atoms with Gasteiger partial charge in [-0.25, -0.2) is 5.21 Å². The molecule has 0 saturated heterocycles. The van der Waals surface area contributed by atoms with Gasteiger partial charge < -0.3 is 15.1 Å². The Bertz CT molecular complexity index is 753. The molecular weight excluding hydrogens is 308 g/mol. The Morgan fingerprint density at radius 3 is 2.52 bits per heavy atom. The number of nitrogens with zero attached hydrogens (tertiary/aromatic N) is 2. The molecule has 0 radical (unpaired) electrons. The van der Waals surface area contributed by atoms with Gasteiger partial charge in [-0.05, 0) is 12.5 Å². The summed E-state index contributed by atoms with van der Waals surface area (Å²) in [5, 5.41) is 27.8. The standard InChI is InChI=1S/C14H12N2O7/c1-7(17)11-12(8-3-2-4-9(5-8)16(22)23)15(6-10(18)19)14(21)13(11)20/h2-5,12H,6H2,1H3,(H2-,17,18,19,20,22,23)/p+1. The van der Waals surface area contributed by atoms with Crippen molar-refractivity contribution in [1.29, 1.82) is 0 Å². The van der Waals surface area contributed by atoms with Gasteiger partial charge in [0.15, 0.2) is 11.5 Å². The number of hydrogen-bond donors (Lipinski definition) is 3. The summed E-state index contributed by atoms with van der Waals surface area (Å²) in [4.78, 5) is 46.2. The molecule has 0 bridgehead atoms. The smallest absolute Gasteiger partial charge is 0.323 e. The summed E-state index contributed by atoms with van der Waals surface area (Å²) in [6.45, 7) is 0.390. The second-order valence-electron chi connectivity index (χ2n) is 4.92. The molecule has 0 aromatic heterocycles. The number of ketones is 1. The quantitative estimate of drug-likeness (QED) is 0.684. The highest BCUT2D eigenvalue weighted by Crippen LogP contribution is 2.38. The second-order valence-corrected chi connectivity index (χ2v) is 4.92. The number of carboxylic acid groups (broad SMARTS) is 1. The number of carbonyl (C=O) groups excluding carboxylic acids is 2. The van der Waals surface area contributed by atoms with Crippen LogP contribution in [-0.4, -0.2) is 49.4 Å². The maximum absolute atomic E-state index is 12.0. The van der Waals surface area contributed by atoms with Gasteiger partial charge in [0.05, 0.1) is 16.5 Å². The largest absolute Gasteiger partial charge is 0.503 e. The van der Waals surface area contributed by atoms with Gasteiger partial charge in [0.1, 0.15) is 6.54 Å². The van der Waals surface area contributed by atoms with Crippen LogP contribution < -0.4 is 0 Å². The van der Waals surface area contributed by atoms with Crippen molar-refractivity contribution < 1.29 is 34.7 Å². The minimum absolute atomic E-state index is 0.167. The molecule has 0 fully saturated rings. The predicted octanol–water partition coefficient (Wildman–Crippen LogP) is 0.855. The van der Waals surface area contributed by atoms with Gasteiger partial charge in [0, 0.05) is 12.1 Å². The molecule has 2 rings (SSSR count). The molecule has 9 nitrogen and oxygen atoms in total. The topological polar surface area (TPSA) is 135 Å². The lowest BCUT2D eigenvalue weighted by atomic mass is 9.96. The Morgan fingerprint density at radius 1 is 1.35 bits per heavy atom. The van der Waals surface area contributed by atoms with E-state index in [1.807, 2.05) is 0 Å². The van der Waals surface area contributed by atoms with E-state index < -0.39 is 40.9 Å².